The molecule has 0 saturated carbocycles. The molecule has 6 heteroatoms. The molecule has 2 aliphatic rings. The number of hydrogen-bond acceptors (Lipinski definition) is 5. The quantitative estimate of drug-likeness (QED) is 0.749. The standard InChI is InChI=1S/C16H30N2O3.ClH/c1-3-21-15(19)16(13-20-2)7-4-10-18(12-16)11-14-5-8-17-9-6-14;/h14,17H,3-13H2,1-2H3;1H. The van der Waals surface area contributed by atoms with Gasteiger partial charge in [0.15, 0.2) is 0 Å². The molecule has 0 spiro atoms. The predicted octanol–water partition coefficient (Wildman–Crippen LogP) is 1.70. The Hall–Kier alpha value is -0.360. The van der Waals surface area contributed by atoms with Gasteiger partial charge in [-0.3, -0.25) is 4.79 Å². The molecule has 0 bridgehead atoms. The van der Waals surface area contributed by atoms with Crippen LogP contribution in [0.2, 0.25) is 0 Å². The molecule has 2 heterocycles. The van der Waals surface area contributed by atoms with E-state index in [0.717, 1.165) is 51.5 Å². The summed E-state index contributed by atoms with van der Waals surface area (Å²) < 4.78 is 10.7. The first-order valence-electron chi connectivity index (χ1n) is 8.29. The molecule has 0 aliphatic carbocycles. The van der Waals surface area contributed by atoms with Gasteiger partial charge in [-0.1, -0.05) is 0 Å². The number of likely N-dealkylation sites (tertiary alicyclic amines) is 1. The summed E-state index contributed by atoms with van der Waals surface area (Å²) in [4.78, 5) is 14.9. The smallest absolute Gasteiger partial charge is 0.315 e. The van der Waals surface area contributed by atoms with E-state index in [0.29, 0.717) is 13.2 Å². The number of ether oxygens (including phenoxy) is 2. The summed E-state index contributed by atoms with van der Waals surface area (Å²) in [5.41, 5.74) is -0.462. The molecule has 2 fully saturated rings. The number of methoxy groups -OCH3 is 1. The van der Waals surface area contributed by atoms with Crippen molar-refractivity contribution in [1.82, 2.24) is 10.2 Å². The lowest BCUT2D eigenvalue weighted by Gasteiger charge is -2.42. The van der Waals surface area contributed by atoms with Crippen LogP contribution >= 0.6 is 12.4 Å². The topological polar surface area (TPSA) is 50.8 Å². The van der Waals surface area contributed by atoms with Gasteiger partial charge in [-0.15, -0.1) is 12.4 Å². The second-order valence-electron chi connectivity index (χ2n) is 6.47. The fraction of sp³-hybridized carbons (Fsp3) is 0.938. The van der Waals surface area contributed by atoms with Gasteiger partial charge in [0.25, 0.3) is 0 Å². The Balaban J connectivity index is 0.00000242. The van der Waals surface area contributed by atoms with Gasteiger partial charge in [-0.05, 0) is 58.2 Å². The van der Waals surface area contributed by atoms with Gasteiger partial charge in [-0.2, -0.15) is 0 Å². The third-order valence-electron chi connectivity index (χ3n) is 4.76. The minimum Gasteiger partial charge on any atom is -0.465 e. The fourth-order valence-corrected chi connectivity index (χ4v) is 3.72. The van der Waals surface area contributed by atoms with E-state index in [9.17, 15) is 4.79 Å². The summed E-state index contributed by atoms with van der Waals surface area (Å²) in [5, 5.41) is 3.41. The molecule has 0 amide bonds. The lowest BCUT2D eigenvalue weighted by Crippen LogP contribution is -2.52. The van der Waals surface area contributed by atoms with Crippen LogP contribution in [0.4, 0.5) is 0 Å². The average molecular weight is 335 g/mol. The van der Waals surface area contributed by atoms with Crippen molar-refractivity contribution >= 4 is 18.4 Å². The van der Waals surface area contributed by atoms with Gasteiger partial charge in [0.2, 0.25) is 0 Å². The molecule has 1 atom stereocenters. The monoisotopic (exact) mass is 334 g/mol. The largest absolute Gasteiger partial charge is 0.465 e. The van der Waals surface area contributed by atoms with Crippen LogP contribution in [0.5, 0.6) is 0 Å². The Morgan fingerprint density at radius 3 is 2.73 bits per heavy atom. The molecule has 130 valence electrons. The van der Waals surface area contributed by atoms with Crippen molar-refractivity contribution in [2.24, 2.45) is 11.3 Å². The number of carbonyl (C=O) groups is 1. The van der Waals surface area contributed by atoms with Gasteiger partial charge >= 0.3 is 5.97 Å². The van der Waals surface area contributed by atoms with Crippen molar-refractivity contribution in [2.45, 2.75) is 32.6 Å². The molecule has 1 unspecified atom stereocenters. The molecule has 0 aromatic carbocycles. The third kappa shape index (κ3) is 5.08. The Morgan fingerprint density at radius 2 is 2.09 bits per heavy atom. The summed E-state index contributed by atoms with van der Waals surface area (Å²) in [6, 6.07) is 0. The maximum atomic E-state index is 12.4. The Kier molecular flexibility index (Phi) is 8.69. The van der Waals surface area contributed by atoms with Gasteiger partial charge in [0, 0.05) is 20.2 Å². The minimum atomic E-state index is -0.462. The van der Waals surface area contributed by atoms with Crippen LogP contribution in [0.1, 0.15) is 32.6 Å². The highest BCUT2D eigenvalue weighted by Gasteiger charge is 2.44. The van der Waals surface area contributed by atoms with Crippen molar-refractivity contribution in [3.8, 4) is 0 Å². The number of hydrogen-bond donors (Lipinski definition) is 1. The van der Waals surface area contributed by atoms with Crippen LogP contribution in [0, 0.1) is 11.3 Å². The molecule has 0 aromatic rings. The molecule has 2 saturated heterocycles. The van der Waals surface area contributed by atoms with Crippen LogP contribution in [0.15, 0.2) is 0 Å². The number of nitrogens with zero attached hydrogens (tertiary/aromatic N) is 1. The highest BCUT2D eigenvalue weighted by molar-refractivity contribution is 5.85. The number of rotatable bonds is 6. The minimum absolute atomic E-state index is 0. The lowest BCUT2D eigenvalue weighted by atomic mass is 9.80. The zero-order valence-electron chi connectivity index (χ0n) is 13.9. The number of carbonyl (C=O) groups excluding carboxylic acids is 1. The van der Waals surface area contributed by atoms with Crippen molar-refractivity contribution in [3.05, 3.63) is 0 Å². The molecule has 2 aliphatic heterocycles. The second-order valence-corrected chi connectivity index (χ2v) is 6.47. The van der Waals surface area contributed by atoms with Crippen molar-refractivity contribution in [2.75, 3.05) is 53.0 Å². The summed E-state index contributed by atoms with van der Waals surface area (Å²) in [5.74, 6) is 0.675. The SMILES string of the molecule is CCOC(=O)C1(COC)CCCN(CC2CCNCC2)C1.Cl. The van der Waals surface area contributed by atoms with Gasteiger partial charge in [0.1, 0.15) is 5.41 Å². The first kappa shape index (κ1) is 19.7. The van der Waals surface area contributed by atoms with Crippen molar-refractivity contribution in [1.29, 1.82) is 0 Å². The van der Waals surface area contributed by atoms with Crippen LogP contribution in [0.25, 0.3) is 0 Å². The Bertz CT molecular complexity index is 333. The van der Waals surface area contributed by atoms with E-state index in [2.05, 4.69) is 10.2 Å². The number of esters is 1. The van der Waals surface area contributed by atoms with Gasteiger partial charge in [0.05, 0.1) is 13.2 Å². The normalized spacial score (nSPS) is 27.2. The summed E-state index contributed by atoms with van der Waals surface area (Å²) in [7, 11) is 1.67. The molecule has 2 rings (SSSR count). The van der Waals surface area contributed by atoms with Crippen molar-refractivity contribution in [3.63, 3.8) is 0 Å². The van der Waals surface area contributed by atoms with Crippen LogP contribution in [0.3, 0.4) is 0 Å². The molecule has 22 heavy (non-hydrogen) atoms. The molecule has 1 N–H and O–H groups in total. The zero-order chi connectivity index (χ0) is 15.1. The van der Waals surface area contributed by atoms with E-state index in [1.165, 1.54) is 12.8 Å². The summed E-state index contributed by atoms with van der Waals surface area (Å²) in [6.07, 6.45) is 4.41. The number of halogens is 1. The van der Waals surface area contributed by atoms with E-state index in [1.807, 2.05) is 6.92 Å². The Labute approximate surface area is 140 Å². The fourth-order valence-electron chi connectivity index (χ4n) is 3.72. The predicted molar refractivity (Wildman–Crippen MR) is 89.5 cm³/mol. The number of piperidine rings is 2. The molecule has 5 nitrogen and oxygen atoms in total. The van der Waals surface area contributed by atoms with Crippen LogP contribution in [-0.4, -0.2) is 63.9 Å². The van der Waals surface area contributed by atoms with Crippen LogP contribution in [-0.2, 0) is 14.3 Å². The molecular formula is C16H31ClN2O3. The van der Waals surface area contributed by atoms with E-state index in [1.54, 1.807) is 7.11 Å². The highest BCUT2D eigenvalue weighted by Crippen LogP contribution is 2.33. The van der Waals surface area contributed by atoms with E-state index >= 15 is 0 Å². The lowest BCUT2D eigenvalue weighted by molar-refractivity contribution is -0.163. The van der Waals surface area contributed by atoms with Crippen LogP contribution < -0.4 is 5.32 Å². The molecular weight excluding hydrogens is 304 g/mol. The third-order valence-corrected chi connectivity index (χ3v) is 4.76. The van der Waals surface area contributed by atoms with E-state index in [4.69, 9.17) is 9.47 Å². The highest BCUT2D eigenvalue weighted by atomic mass is 35.5. The first-order valence-corrected chi connectivity index (χ1v) is 8.29. The Morgan fingerprint density at radius 1 is 1.36 bits per heavy atom. The zero-order valence-corrected chi connectivity index (χ0v) is 14.8. The second kappa shape index (κ2) is 9.71. The van der Waals surface area contributed by atoms with E-state index in [-0.39, 0.29) is 18.4 Å². The summed E-state index contributed by atoms with van der Waals surface area (Å²) in [6.45, 7) is 8.01. The van der Waals surface area contributed by atoms with Crippen molar-refractivity contribution < 1.29 is 14.3 Å². The molecule has 0 aromatic heterocycles. The summed E-state index contributed by atoms with van der Waals surface area (Å²) >= 11 is 0. The first-order chi connectivity index (χ1) is 10.2. The average Bonchev–Trinajstić information content (AvgIpc) is 2.49. The van der Waals surface area contributed by atoms with Gasteiger partial charge < -0.3 is 19.7 Å². The van der Waals surface area contributed by atoms with E-state index < -0.39 is 5.41 Å². The maximum Gasteiger partial charge on any atom is 0.315 e. The maximum absolute atomic E-state index is 12.4. The number of nitrogens with one attached hydrogen (secondary N) is 1. The van der Waals surface area contributed by atoms with Gasteiger partial charge in [-0.25, -0.2) is 0 Å². The molecule has 0 radical (unpaired) electrons.